The monoisotopic (exact) mass is 509 g/mol. The number of ether oxygens (including phenoxy) is 2. The molecule has 37 heavy (non-hydrogen) atoms. The third-order valence-corrected chi connectivity index (χ3v) is 8.28. The van der Waals surface area contributed by atoms with Gasteiger partial charge in [0.25, 0.3) is 5.91 Å². The molecule has 4 aliphatic rings. The molecule has 2 fully saturated rings. The van der Waals surface area contributed by atoms with E-state index < -0.39 is 41.1 Å². The zero-order valence-corrected chi connectivity index (χ0v) is 21.8. The Morgan fingerprint density at radius 2 is 1.76 bits per heavy atom. The third kappa shape index (κ3) is 3.70. The van der Waals surface area contributed by atoms with Crippen LogP contribution in [-0.2, 0) is 23.9 Å². The summed E-state index contributed by atoms with van der Waals surface area (Å²) in [6.07, 6.45) is 7.11. The second kappa shape index (κ2) is 9.29. The molecule has 6 atom stereocenters. The lowest BCUT2D eigenvalue weighted by Crippen LogP contribution is -2.58. The van der Waals surface area contributed by atoms with Crippen LogP contribution in [0.4, 0.5) is 11.4 Å². The van der Waals surface area contributed by atoms with E-state index in [9.17, 15) is 19.5 Å². The zero-order chi connectivity index (χ0) is 26.5. The predicted molar refractivity (Wildman–Crippen MR) is 138 cm³/mol. The summed E-state index contributed by atoms with van der Waals surface area (Å²) in [7, 11) is 0. The van der Waals surface area contributed by atoms with Gasteiger partial charge in [-0.2, -0.15) is 0 Å². The van der Waals surface area contributed by atoms with Crippen LogP contribution in [0.5, 0.6) is 0 Å². The average Bonchev–Trinajstić information content (AvgIpc) is 3.16. The van der Waals surface area contributed by atoms with E-state index in [1.54, 1.807) is 37.0 Å². The Bertz CT molecular complexity index is 1150. The number of amides is 2. The Labute approximate surface area is 217 Å². The van der Waals surface area contributed by atoms with Gasteiger partial charge < -0.3 is 29.3 Å². The number of esters is 1. The standard InChI is InChI=1S/C28H35N3O6/c1-5-29(6-2)19-9-11-20(12-10-19)30-15-7-14-28-21(22-26(35)36-16-8-13-27(22,4)37-28)24(33)31(18(3)17-32)23(28)25(30)34/h7-14,18,21-23,32H,5-6,15-17H2,1-4H3/t18-,21+,22+,23?,27-,28+/m1/s1. The SMILES string of the molecule is CCN(CC)c1ccc(N2CC=C[C@]34O[C@]5(C)C=CCOC(=O)[C@@H]5[C@H]3C(=O)N([C@H](C)CO)C4C2=O)cc1. The fraction of sp³-hybridized carbons (Fsp3) is 0.536. The van der Waals surface area contributed by atoms with Crippen LogP contribution in [0.15, 0.2) is 48.6 Å². The number of carbonyl (C=O) groups is 3. The second-order valence-electron chi connectivity index (χ2n) is 10.3. The van der Waals surface area contributed by atoms with E-state index in [1.165, 1.54) is 4.90 Å². The molecular formula is C28H35N3O6. The van der Waals surface area contributed by atoms with E-state index in [0.29, 0.717) is 5.69 Å². The van der Waals surface area contributed by atoms with Crippen molar-refractivity contribution in [2.45, 2.75) is 51.0 Å². The number of aliphatic hydroxyl groups is 1. The maximum Gasteiger partial charge on any atom is 0.313 e. The van der Waals surface area contributed by atoms with E-state index in [-0.39, 0.29) is 31.6 Å². The number of nitrogens with zero attached hydrogens (tertiary/aromatic N) is 3. The fourth-order valence-corrected chi connectivity index (χ4v) is 6.52. The normalized spacial score (nSPS) is 33.4. The summed E-state index contributed by atoms with van der Waals surface area (Å²) >= 11 is 0. The minimum Gasteiger partial charge on any atom is -0.461 e. The highest BCUT2D eigenvalue weighted by Crippen LogP contribution is 2.57. The first-order chi connectivity index (χ1) is 17.7. The van der Waals surface area contributed by atoms with Crippen molar-refractivity contribution in [3.8, 4) is 0 Å². The molecule has 1 spiro atoms. The summed E-state index contributed by atoms with van der Waals surface area (Å²) in [6, 6.07) is 6.11. The molecule has 0 aliphatic carbocycles. The van der Waals surface area contributed by atoms with Crippen LogP contribution in [0.25, 0.3) is 0 Å². The number of anilines is 2. The van der Waals surface area contributed by atoms with Gasteiger partial charge in [0.2, 0.25) is 5.91 Å². The Balaban J connectivity index is 1.59. The second-order valence-corrected chi connectivity index (χ2v) is 10.3. The lowest BCUT2D eigenvalue weighted by molar-refractivity contribution is -0.157. The maximum atomic E-state index is 14.3. The van der Waals surface area contributed by atoms with Gasteiger partial charge in [-0.1, -0.05) is 18.2 Å². The van der Waals surface area contributed by atoms with Gasteiger partial charge in [0.1, 0.15) is 24.2 Å². The Kier molecular flexibility index (Phi) is 6.40. The predicted octanol–water partition coefficient (Wildman–Crippen LogP) is 1.90. The molecule has 0 bridgehead atoms. The smallest absolute Gasteiger partial charge is 0.313 e. The van der Waals surface area contributed by atoms with Crippen LogP contribution in [0.2, 0.25) is 0 Å². The lowest BCUT2D eigenvalue weighted by atomic mass is 9.75. The molecule has 1 aromatic carbocycles. The van der Waals surface area contributed by atoms with E-state index >= 15 is 0 Å². The molecule has 4 aliphatic heterocycles. The summed E-state index contributed by atoms with van der Waals surface area (Å²) in [5, 5.41) is 10.0. The van der Waals surface area contributed by atoms with Crippen LogP contribution >= 0.6 is 0 Å². The number of cyclic esters (lactones) is 1. The van der Waals surface area contributed by atoms with Crippen molar-refractivity contribution in [2.24, 2.45) is 11.8 Å². The van der Waals surface area contributed by atoms with Crippen molar-refractivity contribution >= 4 is 29.2 Å². The first-order valence-corrected chi connectivity index (χ1v) is 13.0. The van der Waals surface area contributed by atoms with Crippen LogP contribution in [-0.4, -0.2) is 83.9 Å². The molecule has 1 aromatic rings. The van der Waals surface area contributed by atoms with Gasteiger partial charge in [0, 0.05) is 31.0 Å². The largest absolute Gasteiger partial charge is 0.461 e. The average molecular weight is 510 g/mol. The molecule has 2 amide bonds. The minimum absolute atomic E-state index is 0.106. The third-order valence-electron chi connectivity index (χ3n) is 8.28. The molecule has 198 valence electrons. The maximum absolute atomic E-state index is 14.3. The summed E-state index contributed by atoms with van der Waals surface area (Å²) in [5.41, 5.74) is -0.709. The highest BCUT2D eigenvalue weighted by atomic mass is 16.6. The molecule has 0 saturated carbocycles. The fourth-order valence-electron chi connectivity index (χ4n) is 6.52. The van der Waals surface area contributed by atoms with Gasteiger partial charge in [-0.25, -0.2) is 0 Å². The molecule has 9 heteroatoms. The molecule has 0 aromatic heterocycles. The van der Waals surface area contributed by atoms with E-state index in [1.807, 2.05) is 30.3 Å². The number of benzene rings is 1. The molecule has 5 rings (SSSR count). The molecule has 2 saturated heterocycles. The topological polar surface area (TPSA) is 99.6 Å². The molecular weight excluding hydrogens is 474 g/mol. The highest BCUT2D eigenvalue weighted by molar-refractivity contribution is 6.05. The number of hydrogen-bond donors (Lipinski definition) is 1. The molecule has 4 heterocycles. The van der Waals surface area contributed by atoms with E-state index in [2.05, 4.69) is 18.7 Å². The van der Waals surface area contributed by atoms with Crippen LogP contribution in [0.3, 0.4) is 0 Å². The number of aliphatic hydroxyl groups excluding tert-OH is 1. The van der Waals surface area contributed by atoms with Gasteiger partial charge in [-0.3, -0.25) is 14.4 Å². The van der Waals surface area contributed by atoms with Crippen LogP contribution in [0.1, 0.15) is 27.7 Å². The molecule has 0 radical (unpaired) electrons. The van der Waals surface area contributed by atoms with Gasteiger partial charge in [-0.15, -0.1) is 0 Å². The number of hydrogen-bond acceptors (Lipinski definition) is 7. The van der Waals surface area contributed by atoms with Crippen molar-refractivity contribution < 1.29 is 29.0 Å². The summed E-state index contributed by atoms with van der Waals surface area (Å²) < 4.78 is 12.0. The van der Waals surface area contributed by atoms with Gasteiger partial charge >= 0.3 is 5.97 Å². The zero-order valence-electron chi connectivity index (χ0n) is 21.8. The summed E-state index contributed by atoms with van der Waals surface area (Å²) in [6.45, 7) is 9.46. The summed E-state index contributed by atoms with van der Waals surface area (Å²) in [4.78, 5) is 46.7. The Morgan fingerprint density at radius 1 is 1.05 bits per heavy atom. The first kappa shape index (κ1) is 25.5. The van der Waals surface area contributed by atoms with Crippen molar-refractivity contribution in [1.29, 1.82) is 0 Å². The molecule has 1 N–H and O–H groups in total. The van der Waals surface area contributed by atoms with E-state index in [4.69, 9.17) is 9.47 Å². The van der Waals surface area contributed by atoms with Crippen LogP contribution < -0.4 is 9.80 Å². The quantitative estimate of drug-likeness (QED) is 0.462. The van der Waals surface area contributed by atoms with Gasteiger partial charge in [-0.05, 0) is 58.0 Å². The number of likely N-dealkylation sites (tertiary alicyclic amines) is 1. The van der Waals surface area contributed by atoms with Gasteiger partial charge in [0.15, 0.2) is 0 Å². The summed E-state index contributed by atoms with van der Waals surface area (Å²) in [5.74, 6) is -3.07. The first-order valence-electron chi connectivity index (χ1n) is 13.0. The highest BCUT2D eigenvalue weighted by Gasteiger charge is 2.75. The number of carbonyl (C=O) groups excluding carboxylic acids is 3. The lowest BCUT2D eigenvalue weighted by Gasteiger charge is -2.39. The van der Waals surface area contributed by atoms with Crippen molar-refractivity contribution in [2.75, 3.05) is 42.6 Å². The minimum atomic E-state index is -1.37. The number of rotatable bonds is 6. The Hall–Kier alpha value is -3.17. The van der Waals surface area contributed by atoms with E-state index in [0.717, 1.165) is 18.8 Å². The van der Waals surface area contributed by atoms with Crippen LogP contribution in [0, 0.1) is 11.8 Å². The van der Waals surface area contributed by atoms with Crippen molar-refractivity contribution in [1.82, 2.24) is 4.90 Å². The molecule has 1 unspecified atom stereocenters. The molecule has 9 nitrogen and oxygen atoms in total. The van der Waals surface area contributed by atoms with Crippen molar-refractivity contribution in [3.63, 3.8) is 0 Å². The van der Waals surface area contributed by atoms with Crippen molar-refractivity contribution in [3.05, 3.63) is 48.6 Å². The number of fused-ring (bicyclic) bond motifs is 2. The Morgan fingerprint density at radius 3 is 2.41 bits per heavy atom. The van der Waals surface area contributed by atoms with Gasteiger partial charge in [0.05, 0.1) is 24.2 Å².